The van der Waals surface area contributed by atoms with Crippen LogP contribution in [0, 0.1) is 3.80 Å². The summed E-state index contributed by atoms with van der Waals surface area (Å²) in [4.78, 5) is 9.33. The number of ether oxygens (including phenoxy) is 1. The molecule has 0 radical (unpaired) electrons. The van der Waals surface area contributed by atoms with Crippen LogP contribution in [0.25, 0.3) is 66.9 Å². The van der Waals surface area contributed by atoms with Crippen LogP contribution in [0.1, 0.15) is 4.11 Å². The summed E-state index contributed by atoms with van der Waals surface area (Å²) >= 11 is 2.44. The molecular formula is C60H40BN5OPt. The van der Waals surface area contributed by atoms with Gasteiger partial charge in [-0.25, -0.2) is 0 Å². The average molecular weight is 1060 g/mol. The van der Waals surface area contributed by atoms with Crippen molar-refractivity contribution in [1.82, 2.24) is 14.1 Å². The second-order valence-corrected chi connectivity index (χ2v) is 17.9. The zero-order chi connectivity index (χ0) is 47.7. The van der Waals surface area contributed by atoms with Gasteiger partial charge in [0.2, 0.25) is 0 Å². The minimum atomic E-state index is -0.403. The number of benzene rings is 9. The monoisotopic (exact) mass is 1060 g/mol. The van der Waals surface area contributed by atoms with Gasteiger partial charge in [0.15, 0.2) is 0 Å². The summed E-state index contributed by atoms with van der Waals surface area (Å²) in [6.07, 6.45) is 0. The molecule has 0 bridgehead atoms. The topological polar surface area (TPSA) is 38.5 Å². The Hall–Kier alpha value is -8.25. The van der Waals surface area contributed by atoms with E-state index in [1.165, 1.54) is 5.56 Å². The first-order chi connectivity index (χ1) is 34.9. The molecule has 0 unspecified atom stereocenters. The van der Waals surface area contributed by atoms with Gasteiger partial charge in [-0.15, -0.1) is 0 Å². The molecular weight excluding hydrogens is 1010 g/mol. The quantitative estimate of drug-likeness (QED) is 0.142. The fraction of sp³-hybridized carbons (Fsp3) is 0. The molecule has 4 heterocycles. The molecule has 0 aliphatic carbocycles. The first-order valence-electron chi connectivity index (χ1n) is 24.1. The molecule has 0 N–H and O–H groups in total. The standard InChI is InChI=1S/C60H40BN5O.Pt/c1-3-18-42(19-4-1)43-36-38-45(39-37-43)49-27-16-26-48(44-20-5-2-6-21-44)60(49)64-41-63(54-30-11-12-31-55(54)64)46-22-15-23-47(40-46)67-59-35-17-34-58(62-59)66-57-33-14-13-32-56(57)65-53-29-10-8-25-51(53)50-24-7-9-28-52(50)61(65)66;/h1-40H;/i17D,34D,35D;. The van der Waals surface area contributed by atoms with Crippen molar-refractivity contribution in [3.8, 4) is 67.5 Å². The Morgan fingerprint density at radius 2 is 1.00 bits per heavy atom. The third kappa shape index (κ3) is 6.61. The number of pyridine rings is 1. The number of anilines is 4. The van der Waals surface area contributed by atoms with E-state index in [-0.39, 0.29) is 29.8 Å². The molecule has 2 aromatic heterocycles. The molecule has 0 spiro atoms. The molecule has 0 atom stereocenters. The van der Waals surface area contributed by atoms with E-state index in [1.54, 1.807) is 0 Å². The number of hydrogen-bond acceptors (Lipinski definition) is 4. The van der Waals surface area contributed by atoms with E-state index in [1.807, 2.05) is 71.5 Å². The fourth-order valence-electron chi connectivity index (χ4n) is 10.1. The van der Waals surface area contributed by atoms with Crippen LogP contribution in [-0.4, -0.2) is 21.1 Å². The first kappa shape index (κ1) is 36.9. The molecule has 9 aromatic carbocycles. The minimum absolute atomic E-state index is 0.0550. The number of aromatic nitrogens is 3. The van der Waals surface area contributed by atoms with Gasteiger partial charge in [-0.2, -0.15) is 0 Å². The molecule has 6 nitrogen and oxygen atoms in total. The van der Waals surface area contributed by atoms with Gasteiger partial charge < -0.3 is 0 Å². The Balaban J connectivity index is 0.928. The summed E-state index contributed by atoms with van der Waals surface area (Å²) in [5.74, 6) is 0.623. The molecule has 13 rings (SSSR count). The summed E-state index contributed by atoms with van der Waals surface area (Å²) in [5.41, 5.74) is 16.7. The molecule has 68 heavy (non-hydrogen) atoms. The summed E-state index contributed by atoms with van der Waals surface area (Å²) in [5, 5.41) is 0. The van der Waals surface area contributed by atoms with Crippen molar-refractivity contribution >= 4 is 46.4 Å². The second kappa shape index (κ2) is 16.6. The predicted octanol–water partition coefficient (Wildman–Crippen LogP) is 14.4. The first-order valence-corrected chi connectivity index (χ1v) is 23.7. The number of nitrogens with zero attached hydrogens (tertiary/aromatic N) is 5. The van der Waals surface area contributed by atoms with Crippen molar-refractivity contribution in [2.24, 2.45) is 0 Å². The van der Waals surface area contributed by atoms with Gasteiger partial charge in [0.25, 0.3) is 0 Å². The third-order valence-electron chi connectivity index (χ3n) is 13.0. The van der Waals surface area contributed by atoms with Gasteiger partial charge in [0.1, 0.15) is 0 Å². The second-order valence-electron chi connectivity index (χ2n) is 16.8. The molecule has 0 fully saturated rings. The van der Waals surface area contributed by atoms with E-state index < -0.39 is 6.98 Å². The van der Waals surface area contributed by atoms with Crippen molar-refractivity contribution in [3.05, 3.63) is 246 Å². The molecule has 324 valence electrons. The normalized spacial score (nSPS) is 13.0. The Bertz CT molecular complexity index is 3960. The summed E-state index contributed by atoms with van der Waals surface area (Å²) in [6, 6.07) is 76.7. The number of rotatable bonds is 8. The summed E-state index contributed by atoms with van der Waals surface area (Å²) in [7, 11) is 0. The van der Waals surface area contributed by atoms with E-state index in [0.29, 0.717) is 5.75 Å². The fourth-order valence-corrected chi connectivity index (χ4v) is 11.2. The summed E-state index contributed by atoms with van der Waals surface area (Å²) < 4.78 is 39.8. The van der Waals surface area contributed by atoms with Crippen molar-refractivity contribution in [2.75, 3.05) is 9.62 Å². The van der Waals surface area contributed by atoms with E-state index in [4.69, 9.17) is 11.1 Å². The number of hydrogen-bond donors (Lipinski definition) is 0. The van der Waals surface area contributed by atoms with Gasteiger partial charge in [-0.3, -0.25) is 0 Å². The molecule has 2 aliphatic rings. The zero-order valence-electron chi connectivity index (χ0n) is 39.4. The van der Waals surface area contributed by atoms with Crippen LogP contribution in [0.3, 0.4) is 0 Å². The van der Waals surface area contributed by atoms with Crippen LogP contribution >= 0.6 is 0 Å². The van der Waals surface area contributed by atoms with Gasteiger partial charge in [-0.05, 0) is 17.7 Å². The van der Waals surface area contributed by atoms with E-state index in [0.717, 1.165) is 87.7 Å². The van der Waals surface area contributed by atoms with Crippen LogP contribution in [-0.2, 0) is 19.4 Å². The van der Waals surface area contributed by atoms with Crippen molar-refractivity contribution in [3.63, 3.8) is 0 Å². The van der Waals surface area contributed by atoms with Gasteiger partial charge in [0, 0.05) is 11.3 Å². The molecule has 11 aromatic rings. The molecule has 2 aliphatic heterocycles. The van der Waals surface area contributed by atoms with Crippen LogP contribution < -0.4 is 19.8 Å². The van der Waals surface area contributed by atoms with E-state index in [2.05, 4.69) is 191 Å². The van der Waals surface area contributed by atoms with Crippen molar-refractivity contribution in [2.45, 2.75) is 0 Å². The van der Waals surface area contributed by atoms with E-state index >= 15 is 0 Å². The number of imidazole rings is 1. The molecule has 0 saturated heterocycles. The predicted molar refractivity (Wildman–Crippen MR) is 274 cm³/mol. The van der Waals surface area contributed by atoms with Crippen LogP contribution in [0.15, 0.2) is 243 Å². The Morgan fingerprint density at radius 1 is 0.456 bits per heavy atom. The van der Waals surface area contributed by atoms with Gasteiger partial charge in [0.05, 0.1) is 0 Å². The zero-order valence-corrected chi connectivity index (χ0v) is 38.7. The molecule has 0 saturated carbocycles. The van der Waals surface area contributed by atoms with E-state index in [9.17, 15) is 2.74 Å². The van der Waals surface area contributed by atoms with Crippen molar-refractivity contribution in [1.29, 1.82) is 0 Å². The third-order valence-corrected chi connectivity index (χ3v) is 14.0. The van der Waals surface area contributed by atoms with Gasteiger partial charge in [-0.1, -0.05) is 54.6 Å². The SMILES string of the molecule is [2H]c1c(Oc2cccc(-n3[c](=[Pt])n(-c4c(-c5ccccc5)cccc4-c4ccc(-c5ccccc5)cc4)c4ccccc43)c2)nc(N2B3c4ccccc4-c4ccccc4N3c3ccccc32)c([2H])c1[2H]. The van der Waals surface area contributed by atoms with Crippen LogP contribution in [0.4, 0.5) is 22.9 Å². The average Bonchev–Trinajstić information content (AvgIpc) is 3.93. The van der Waals surface area contributed by atoms with Crippen molar-refractivity contribution < 1.29 is 28.2 Å². The number of para-hydroxylation sites is 6. The van der Waals surface area contributed by atoms with Gasteiger partial charge >= 0.3 is 329 Å². The Kier molecular flexibility index (Phi) is 8.99. The summed E-state index contributed by atoms with van der Waals surface area (Å²) in [6.45, 7) is -0.403. The van der Waals surface area contributed by atoms with Crippen LogP contribution in [0.2, 0.25) is 0 Å². The number of fused-ring (bicyclic) bond motifs is 9. The maximum atomic E-state index is 9.37. The molecule has 0 amide bonds. The van der Waals surface area contributed by atoms with Crippen LogP contribution in [0.5, 0.6) is 11.6 Å². The Labute approximate surface area is 410 Å². The maximum absolute atomic E-state index is 9.37. The molecule has 8 heteroatoms. The Morgan fingerprint density at radius 3 is 1.75 bits per heavy atom.